The van der Waals surface area contributed by atoms with Crippen LogP contribution in [-0.2, 0) is 0 Å². The number of pyridine rings is 1. The normalized spacial score (nSPS) is 15.4. The maximum atomic E-state index is 5.98. The van der Waals surface area contributed by atoms with Crippen molar-refractivity contribution in [3.05, 3.63) is 36.5 Å². The van der Waals surface area contributed by atoms with Crippen molar-refractivity contribution in [2.24, 2.45) is 0 Å². The number of nitrogen functional groups attached to an aromatic ring is 1. The van der Waals surface area contributed by atoms with Gasteiger partial charge in [-0.05, 0) is 13.0 Å². The molecule has 0 aromatic carbocycles. The summed E-state index contributed by atoms with van der Waals surface area (Å²) < 4.78 is 0. The Balaban J connectivity index is 1.70. The minimum Gasteiger partial charge on any atom is -0.396 e. The number of hydrogen-bond donors (Lipinski definition) is 1. The molecule has 1 saturated heterocycles. The molecule has 0 bridgehead atoms. The summed E-state index contributed by atoms with van der Waals surface area (Å²) in [5, 5.41) is 0. The number of aryl methyl sites for hydroxylation is 1. The Morgan fingerprint density at radius 2 is 1.85 bits per heavy atom. The van der Waals surface area contributed by atoms with Gasteiger partial charge in [-0.3, -0.25) is 4.98 Å². The SMILES string of the molecule is Cc1cc(N2CCN(c3ccncc3N)CC2)ncn1. The molecule has 0 radical (unpaired) electrons. The zero-order chi connectivity index (χ0) is 13.9. The van der Waals surface area contributed by atoms with Gasteiger partial charge in [-0.25, -0.2) is 9.97 Å². The molecule has 3 rings (SSSR count). The molecular weight excluding hydrogens is 252 g/mol. The first kappa shape index (κ1) is 12.7. The van der Waals surface area contributed by atoms with Gasteiger partial charge in [0.25, 0.3) is 0 Å². The Bertz CT molecular complexity index is 592. The highest BCUT2D eigenvalue weighted by atomic mass is 15.3. The molecule has 0 unspecified atom stereocenters. The van der Waals surface area contributed by atoms with E-state index in [0.717, 1.165) is 49.1 Å². The van der Waals surface area contributed by atoms with E-state index in [1.807, 2.05) is 19.1 Å². The zero-order valence-corrected chi connectivity index (χ0v) is 11.5. The van der Waals surface area contributed by atoms with E-state index in [-0.39, 0.29) is 0 Å². The van der Waals surface area contributed by atoms with Crippen LogP contribution in [0.3, 0.4) is 0 Å². The summed E-state index contributed by atoms with van der Waals surface area (Å²) in [7, 11) is 0. The van der Waals surface area contributed by atoms with E-state index in [0.29, 0.717) is 0 Å². The van der Waals surface area contributed by atoms with Gasteiger partial charge in [0.1, 0.15) is 12.1 Å². The minimum atomic E-state index is 0.735. The Kier molecular flexibility index (Phi) is 3.37. The summed E-state index contributed by atoms with van der Waals surface area (Å²) in [6.07, 6.45) is 5.11. The number of piperazine rings is 1. The van der Waals surface area contributed by atoms with Gasteiger partial charge < -0.3 is 15.5 Å². The van der Waals surface area contributed by atoms with E-state index >= 15 is 0 Å². The average Bonchev–Trinajstić information content (AvgIpc) is 2.48. The van der Waals surface area contributed by atoms with Gasteiger partial charge >= 0.3 is 0 Å². The van der Waals surface area contributed by atoms with Crippen LogP contribution in [0.2, 0.25) is 0 Å². The molecule has 0 amide bonds. The van der Waals surface area contributed by atoms with Crippen LogP contribution < -0.4 is 15.5 Å². The second-order valence-electron chi connectivity index (χ2n) is 4.93. The molecule has 2 aromatic heterocycles. The fraction of sp³-hybridized carbons (Fsp3) is 0.357. The van der Waals surface area contributed by atoms with Gasteiger partial charge in [-0.1, -0.05) is 0 Å². The van der Waals surface area contributed by atoms with Crippen molar-refractivity contribution in [3.63, 3.8) is 0 Å². The first-order chi connectivity index (χ1) is 9.74. The lowest BCUT2D eigenvalue weighted by molar-refractivity contribution is 0.646. The van der Waals surface area contributed by atoms with Crippen LogP contribution in [0.1, 0.15) is 5.69 Å². The van der Waals surface area contributed by atoms with Crippen molar-refractivity contribution >= 4 is 17.2 Å². The predicted molar refractivity (Wildman–Crippen MR) is 79.8 cm³/mol. The van der Waals surface area contributed by atoms with E-state index in [1.54, 1.807) is 18.7 Å². The van der Waals surface area contributed by atoms with Crippen molar-refractivity contribution in [3.8, 4) is 0 Å². The minimum absolute atomic E-state index is 0.735. The average molecular weight is 270 g/mol. The predicted octanol–water partition coefficient (Wildman–Crippen LogP) is 1.09. The quantitative estimate of drug-likeness (QED) is 0.880. The van der Waals surface area contributed by atoms with Crippen LogP contribution in [0.4, 0.5) is 17.2 Å². The van der Waals surface area contributed by atoms with Crippen LogP contribution in [-0.4, -0.2) is 41.1 Å². The monoisotopic (exact) mass is 270 g/mol. The van der Waals surface area contributed by atoms with Crippen LogP contribution in [0.15, 0.2) is 30.9 Å². The van der Waals surface area contributed by atoms with Gasteiger partial charge in [0.15, 0.2) is 0 Å². The summed E-state index contributed by atoms with van der Waals surface area (Å²) in [6.45, 7) is 5.70. The second kappa shape index (κ2) is 5.32. The van der Waals surface area contributed by atoms with E-state index in [4.69, 9.17) is 5.73 Å². The van der Waals surface area contributed by atoms with Gasteiger partial charge in [-0.2, -0.15) is 0 Å². The first-order valence-electron chi connectivity index (χ1n) is 6.72. The molecular formula is C14H18N6. The Morgan fingerprint density at radius 1 is 1.10 bits per heavy atom. The standard InChI is InChI=1S/C14H18N6/c1-11-8-14(18-10-17-11)20-6-4-19(5-7-20)13-2-3-16-9-12(13)15/h2-3,8-10H,4-7,15H2,1H3. The summed E-state index contributed by atoms with van der Waals surface area (Å²) in [5.74, 6) is 1.000. The molecule has 1 fully saturated rings. The molecule has 6 heteroatoms. The van der Waals surface area contributed by atoms with Gasteiger partial charge in [0.2, 0.25) is 0 Å². The van der Waals surface area contributed by atoms with E-state index in [1.165, 1.54) is 0 Å². The van der Waals surface area contributed by atoms with Crippen LogP contribution >= 0.6 is 0 Å². The molecule has 1 aliphatic heterocycles. The van der Waals surface area contributed by atoms with Crippen molar-refractivity contribution < 1.29 is 0 Å². The number of nitrogens with zero attached hydrogens (tertiary/aromatic N) is 5. The molecule has 0 saturated carbocycles. The maximum Gasteiger partial charge on any atom is 0.132 e. The molecule has 104 valence electrons. The highest BCUT2D eigenvalue weighted by Crippen LogP contribution is 2.23. The summed E-state index contributed by atoms with van der Waals surface area (Å²) in [6, 6.07) is 4.00. The van der Waals surface area contributed by atoms with Crippen LogP contribution in [0.25, 0.3) is 0 Å². The third-order valence-electron chi connectivity index (χ3n) is 3.56. The van der Waals surface area contributed by atoms with Crippen LogP contribution in [0.5, 0.6) is 0 Å². The second-order valence-corrected chi connectivity index (χ2v) is 4.93. The molecule has 0 spiro atoms. The third kappa shape index (κ3) is 2.49. The highest BCUT2D eigenvalue weighted by molar-refractivity contribution is 5.66. The smallest absolute Gasteiger partial charge is 0.132 e. The summed E-state index contributed by atoms with van der Waals surface area (Å²) in [5.41, 5.74) is 8.78. The van der Waals surface area contributed by atoms with Crippen LogP contribution in [0, 0.1) is 6.92 Å². The zero-order valence-electron chi connectivity index (χ0n) is 11.5. The van der Waals surface area contributed by atoms with E-state index in [2.05, 4.69) is 24.8 Å². The molecule has 6 nitrogen and oxygen atoms in total. The van der Waals surface area contributed by atoms with Crippen molar-refractivity contribution in [2.45, 2.75) is 6.92 Å². The van der Waals surface area contributed by atoms with Gasteiger partial charge in [0, 0.05) is 44.1 Å². The Morgan fingerprint density at radius 3 is 2.55 bits per heavy atom. The van der Waals surface area contributed by atoms with Crippen molar-refractivity contribution in [1.29, 1.82) is 0 Å². The topological polar surface area (TPSA) is 71.2 Å². The molecule has 0 aliphatic carbocycles. The summed E-state index contributed by atoms with van der Waals surface area (Å²) in [4.78, 5) is 17.1. The Labute approximate surface area is 118 Å². The fourth-order valence-corrected chi connectivity index (χ4v) is 2.48. The van der Waals surface area contributed by atoms with Gasteiger partial charge in [0.05, 0.1) is 17.6 Å². The van der Waals surface area contributed by atoms with Crippen molar-refractivity contribution in [2.75, 3.05) is 41.7 Å². The molecule has 3 heterocycles. The van der Waals surface area contributed by atoms with Gasteiger partial charge in [-0.15, -0.1) is 0 Å². The fourth-order valence-electron chi connectivity index (χ4n) is 2.48. The lowest BCUT2D eigenvalue weighted by Crippen LogP contribution is -2.47. The number of nitrogens with two attached hydrogens (primary N) is 1. The number of hydrogen-bond acceptors (Lipinski definition) is 6. The third-order valence-corrected chi connectivity index (χ3v) is 3.56. The Hall–Kier alpha value is -2.37. The van der Waals surface area contributed by atoms with E-state index in [9.17, 15) is 0 Å². The largest absolute Gasteiger partial charge is 0.396 e. The number of anilines is 3. The van der Waals surface area contributed by atoms with E-state index < -0.39 is 0 Å². The molecule has 1 aliphatic rings. The lowest BCUT2D eigenvalue weighted by atomic mass is 10.2. The molecule has 2 N–H and O–H groups in total. The molecule has 20 heavy (non-hydrogen) atoms. The molecule has 2 aromatic rings. The number of aromatic nitrogens is 3. The lowest BCUT2D eigenvalue weighted by Gasteiger charge is -2.37. The molecule has 0 atom stereocenters. The van der Waals surface area contributed by atoms with Crippen molar-refractivity contribution in [1.82, 2.24) is 15.0 Å². The first-order valence-corrected chi connectivity index (χ1v) is 6.72. The highest BCUT2D eigenvalue weighted by Gasteiger charge is 2.19. The maximum absolute atomic E-state index is 5.98. The number of rotatable bonds is 2. The summed E-state index contributed by atoms with van der Waals surface area (Å²) >= 11 is 0.